The van der Waals surface area contributed by atoms with Crippen LogP contribution < -0.4 is 10.6 Å². The van der Waals surface area contributed by atoms with Crippen molar-refractivity contribution in [3.8, 4) is 0 Å². The summed E-state index contributed by atoms with van der Waals surface area (Å²) in [4.78, 5) is 16.0. The predicted molar refractivity (Wildman–Crippen MR) is 97.1 cm³/mol. The van der Waals surface area contributed by atoms with Crippen LogP contribution in [0.3, 0.4) is 0 Å². The second-order valence-electron chi connectivity index (χ2n) is 7.58. The van der Waals surface area contributed by atoms with Crippen LogP contribution in [0.1, 0.15) is 47.5 Å². The molecule has 140 valence electrons. The lowest BCUT2D eigenvalue weighted by Crippen LogP contribution is -2.47. The lowest BCUT2D eigenvalue weighted by atomic mass is 9.78. The third kappa shape index (κ3) is 6.67. The van der Waals surface area contributed by atoms with Gasteiger partial charge in [0.15, 0.2) is 5.96 Å². The van der Waals surface area contributed by atoms with E-state index < -0.39 is 0 Å². The molecule has 1 fully saturated rings. The molecule has 0 aromatic heterocycles. The van der Waals surface area contributed by atoms with E-state index in [-0.39, 0.29) is 23.4 Å². The van der Waals surface area contributed by atoms with Gasteiger partial charge in [-0.15, -0.1) is 0 Å². The Balaban J connectivity index is 2.62. The number of guanidine groups is 1. The average Bonchev–Trinajstić information content (AvgIpc) is 2.55. The third-order valence-corrected chi connectivity index (χ3v) is 4.30. The van der Waals surface area contributed by atoms with Gasteiger partial charge in [-0.2, -0.15) is 0 Å². The van der Waals surface area contributed by atoms with Crippen LogP contribution >= 0.6 is 0 Å². The van der Waals surface area contributed by atoms with Crippen molar-refractivity contribution in [2.45, 2.75) is 53.6 Å². The number of methoxy groups -OCH3 is 1. The predicted octanol–water partition coefficient (Wildman–Crippen LogP) is 2.19. The van der Waals surface area contributed by atoms with Crippen molar-refractivity contribution < 1.29 is 14.3 Å². The summed E-state index contributed by atoms with van der Waals surface area (Å²) in [5.41, 5.74) is 0.127. The third-order valence-electron chi connectivity index (χ3n) is 4.30. The fourth-order valence-corrected chi connectivity index (χ4v) is 3.08. The highest BCUT2D eigenvalue weighted by atomic mass is 16.5. The Labute approximate surface area is 146 Å². The van der Waals surface area contributed by atoms with Crippen LogP contribution in [0.2, 0.25) is 0 Å². The molecule has 1 aliphatic heterocycles. The number of nitrogens with zero attached hydrogens (tertiary/aromatic N) is 1. The molecule has 6 nitrogen and oxygen atoms in total. The summed E-state index contributed by atoms with van der Waals surface area (Å²) >= 11 is 0. The molecule has 6 heteroatoms. The van der Waals surface area contributed by atoms with E-state index in [0.29, 0.717) is 12.5 Å². The fourth-order valence-electron chi connectivity index (χ4n) is 3.08. The highest BCUT2D eigenvalue weighted by molar-refractivity contribution is 5.80. The summed E-state index contributed by atoms with van der Waals surface area (Å²) in [5.74, 6) is 0.723. The van der Waals surface area contributed by atoms with Crippen molar-refractivity contribution in [1.29, 1.82) is 0 Å². The fraction of sp³-hybridized carbons (Fsp3) is 0.889. The van der Waals surface area contributed by atoms with Crippen molar-refractivity contribution in [2.24, 2.45) is 22.2 Å². The Bertz CT molecular complexity index is 418. The van der Waals surface area contributed by atoms with E-state index >= 15 is 0 Å². The van der Waals surface area contributed by atoms with E-state index in [4.69, 9.17) is 9.47 Å². The van der Waals surface area contributed by atoms with Gasteiger partial charge >= 0.3 is 5.97 Å². The maximum absolute atomic E-state index is 11.5. The standard InChI is InChI=1S/C18H35N3O3/c1-7-19-17(20-11-13(2)16(22)23-6)21-12-14-9-8-10-24-15(14)18(3,4)5/h13-15H,7-12H2,1-6H3,(H2,19,20,21). The number of carbonyl (C=O) groups excluding carboxylic acids is 1. The normalized spacial score (nSPS) is 23.5. The second-order valence-corrected chi connectivity index (χ2v) is 7.58. The van der Waals surface area contributed by atoms with Gasteiger partial charge in [0.2, 0.25) is 0 Å². The number of carbonyl (C=O) groups is 1. The van der Waals surface area contributed by atoms with E-state index in [2.05, 4.69) is 36.4 Å². The van der Waals surface area contributed by atoms with Gasteiger partial charge in [-0.1, -0.05) is 27.7 Å². The van der Waals surface area contributed by atoms with Crippen molar-refractivity contribution in [3.63, 3.8) is 0 Å². The maximum atomic E-state index is 11.5. The van der Waals surface area contributed by atoms with Crippen LogP contribution in [-0.4, -0.2) is 51.4 Å². The van der Waals surface area contributed by atoms with Crippen LogP contribution in [0.4, 0.5) is 0 Å². The first-order valence-corrected chi connectivity index (χ1v) is 9.01. The van der Waals surface area contributed by atoms with E-state index in [1.54, 1.807) is 0 Å². The second kappa shape index (κ2) is 9.87. The summed E-state index contributed by atoms with van der Waals surface area (Å²) in [6.45, 7) is 13.4. The zero-order chi connectivity index (χ0) is 18.2. The zero-order valence-corrected chi connectivity index (χ0v) is 16.1. The van der Waals surface area contributed by atoms with Crippen LogP contribution in [0.25, 0.3) is 0 Å². The highest BCUT2D eigenvalue weighted by Gasteiger charge is 2.35. The number of nitrogens with one attached hydrogen (secondary N) is 2. The van der Waals surface area contributed by atoms with Crippen LogP contribution in [-0.2, 0) is 14.3 Å². The number of esters is 1. The Morgan fingerprint density at radius 1 is 1.38 bits per heavy atom. The Morgan fingerprint density at radius 3 is 2.67 bits per heavy atom. The van der Waals surface area contributed by atoms with E-state index in [9.17, 15) is 4.79 Å². The van der Waals surface area contributed by atoms with Gasteiger partial charge in [0.05, 0.1) is 25.7 Å². The molecule has 0 spiro atoms. The van der Waals surface area contributed by atoms with Crippen molar-refractivity contribution >= 4 is 11.9 Å². The molecule has 1 rings (SSSR count). The summed E-state index contributed by atoms with van der Waals surface area (Å²) in [5, 5.41) is 6.65. The minimum Gasteiger partial charge on any atom is -0.469 e. The molecule has 0 bridgehead atoms. The smallest absolute Gasteiger partial charge is 0.310 e. The first-order valence-electron chi connectivity index (χ1n) is 9.01. The molecule has 0 radical (unpaired) electrons. The summed E-state index contributed by atoms with van der Waals surface area (Å²) in [7, 11) is 1.40. The van der Waals surface area contributed by atoms with Gasteiger partial charge in [0.1, 0.15) is 0 Å². The number of aliphatic imine (C=N–C) groups is 1. The lowest BCUT2D eigenvalue weighted by molar-refractivity contribution is -0.144. The minimum absolute atomic E-state index is 0.127. The van der Waals surface area contributed by atoms with Crippen molar-refractivity contribution in [3.05, 3.63) is 0 Å². The number of hydrogen-bond donors (Lipinski definition) is 2. The molecule has 24 heavy (non-hydrogen) atoms. The molecule has 3 unspecified atom stereocenters. The summed E-state index contributed by atoms with van der Waals surface area (Å²) in [6, 6.07) is 0. The quantitative estimate of drug-likeness (QED) is 0.440. The number of hydrogen-bond acceptors (Lipinski definition) is 4. The van der Waals surface area contributed by atoms with Gasteiger partial charge < -0.3 is 20.1 Å². The molecule has 2 N–H and O–H groups in total. The minimum atomic E-state index is -0.245. The van der Waals surface area contributed by atoms with Crippen LogP contribution in [0.15, 0.2) is 4.99 Å². The summed E-state index contributed by atoms with van der Waals surface area (Å²) < 4.78 is 10.8. The van der Waals surface area contributed by atoms with Crippen LogP contribution in [0, 0.1) is 17.3 Å². The van der Waals surface area contributed by atoms with E-state index in [1.165, 1.54) is 7.11 Å². The van der Waals surface area contributed by atoms with E-state index in [1.807, 2.05) is 13.8 Å². The van der Waals surface area contributed by atoms with Gasteiger partial charge in [0.25, 0.3) is 0 Å². The van der Waals surface area contributed by atoms with Gasteiger partial charge in [0, 0.05) is 25.6 Å². The van der Waals surface area contributed by atoms with Gasteiger partial charge in [-0.05, 0) is 25.2 Å². The Hall–Kier alpha value is -1.30. The van der Waals surface area contributed by atoms with E-state index in [0.717, 1.165) is 38.5 Å². The lowest BCUT2D eigenvalue weighted by Gasteiger charge is -2.40. The monoisotopic (exact) mass is 341 g/mol. The molecule has 1 aliphatic rings. The van der Waals surface area contributed by atoms with Gasteiger partial charge in [-0.3, -0.25) is 9.79 Å². The molecular formula is C18H35N3O3. The molecule has 0 aromatic rings. The molecule has 0 amide bonds. The van der Waals surface area contributed by atoms with Crippen LogP contribution in [0.5, 0.6) is 0 Å². The Morgan fingerprint density at radius 2 is 2.08 bits per heavy atom. The molecule has 0 aromatic carbocycles. The first kappa shape index (κ1) is 20.7. The van der Waals surface area contributed by atoms with Crippen molar-refractivity contribution in [2.75, 3.05) is 33.4 Å². The van der Waals surface area contributed by atoms with Crippen molar-refractivity contribution in [1.82, 2.24) is 10.6 Å². The largest absolute Gasteiger partial charge is 0.469 e. The zero-order valence-electron chi connectivity index (χ0n) is 16.1. The molecule has 1 heterocycles. The number of ether oxygens (including phenoxy) is 2. The number of rotatable bonds is 6. The highest BCUT2D eigenvalue weighted by Crippen LogP contribution is 2.33. The SMILES string of the molecule is CCNC(=NCC(C)C(=O)OC)NCC1CCCOC1C(C)(C)C. The molecule has 1 saturated heterocycles. The molecule has 0 saturated carbocycles. The first-order chi connectivity index (χ1) is 11.3. The topological polar surface area (TPSA) is 72.0 Å². The molecule has 3 atom stereocenters. The average molecular weight is 341 g/mol. The van der Waals surface area contributed by atoms with Gasteiger partial charge in [-0.25, -0.2) is 0 Å². The molecule has 0 aliphatic carbocycles. The Kier molecular flexibility index (Phi) is 8.53. The maximum Gasteiger partial charge on any atom is 0.310 e. The summed E-state index contributed by atoms with van der Waals surface area (Å²) in [6.07, 6.45) is 2.51. The molecular weight excluding hydrogens is 306 g/mol.